The van der Waals surface area contributed by atoms with Gasteiger partial charge in [-0.25, -0.2) is 28.4 Å². The number of nitrogens with zero attached hydrogens (tertiary/aromatic N) is 6. The Balaban J connectivity index is 1.41. The average Bonchev–Trinajstić information content (AvgIpc) is 3.45. The van der Waals surface area contributed by atoms with Crippen LogP contribution in [0.1, 0.15) is 47.4 Å². The molecule has 0 saturated heterocycles. The van der Waals surface area contributed by atoms with Crippen molar-refractivity contribution in [2.45, 2.75) is 32.2 Å². The van der Waals surface area contributed by atoms with Gasteiger partial charge in [0.05, 0.1) is 24.8 Å². The van der Waals surface area contributed by atoms with Crippen molar-refractivity contribution in [3.05, 3.63) is 83.1 Å². The summed E-state index contributed by atoms with van der Waals surface area (Å²) in [5.74, 6) is -0.0575. The minimum absolute atomic E-state index is 0.125. The molecule has 1 unspecified atom stereocenters. The smallest absolute Gasteiger partial charge is 0.238 e. The Kier molecular flexibility index (Phi) is 5.45. The average molecular weight is 448 g/mol. The summed E-state index contributed by atoms with van der Waals surface area (Å²) in [7, 11) is 1.58. The number of hydrogen-bond acceptors (Lipinski definition) is 5. The molecule has 1 aliphatic rings. The van der Waals surface area contributed by atoms with E-state index in [0.29, 0.717) is 23.0 Å². The number of fused-ring (bicyclic) bond motifs is 1. The number of aryl methyl sites for hydroxylation is 2. The SMILES string of the molecule is COc1nc(/C=C/c2nc3n(n2)CCCC3c2ccc(F)c(F)c2)ccc1-n1cnc(C)c1. The Bertz CT molecular complexity index is 1340. The molecule has 0 radical (unpaired) electrons. The molecule has 0 aliphatic carbocycles. The van der Waals surface area contributed by atoms with Crippen LogP contribution in [0.3, 0.4) is 0 Å². The van der Waals surface area contributed by atoms with Crippen molar-refractivity contribution < 1.29 is 13.5 Å². The zero-order valence-electron chi connectivity index (χ0n) is 18.2. The minimum Gasteiger partial charge on any atom is -0.479 e. The Morgan fingerprint density at radius 1 is 1.09 bits per heavy atom. The minimum atomic E-state index is -0.850. The molecule has 9 heteroatoms. The highest BCUT2D eigenvalue weighted by Gasteiger charge is 2.26. The molecule has 0 bridgehead atoms. The molecule has 1 aromatic carbocycles. The predicted molar refractivity (Wildman–Crippen MR) is 119 cm³/mol. The summed E-state index contributed by atoms with van der Waals surface area (Å²) in [6, 6.07) is 7.82. The number of halogens is 2. The van der Waals surface area contributed by atoms with E-state index in [9.17, 15) is 8.78 Å². The zero-order chi connectivity index (χ0) is 22.9. The maximum Gasteiger partial charge on any atom is 0.238 e. The number of aromatic nitrogens is 6. The molecule has 0 spiro atoms. The Morgan fingerprint density at radius 2 is 1.97 bits per heavy atom. The summed E-state index contributed by atoms with van der Waals surface area (Å²) in [5, 5.41) is 4.57. The van der Waals surface area contributed by atoms with E-state index in [-0.39, 0.29) is 5.92 Å². The third-order valence-electron chi connectivity index (χ3n) is 5.69. The Hall–Kier alpha value is -3.88. The number of pyridine rings is 1. The number of ether oxygens (including phenoxy) is 1. The van der Waals surface area contributed by atoms with Gasteiger partial charge in [0.15, 0.2) is 17.5 Å². The predicted octanol–water partition coefficient (Wildman–Crippen LogP) is 4.55. The lowest BCUT2D eigenvalue weighted by molar-refractivity contribution is 0.395. The molecular formula is C24H22F2N6O. The lowest BCUT2D eigenvalue weighted by Gasteiger charge is -2.22. The van der Waals surface area contributed by atoms with Crippen LogP contribution in [-0.4, -0.2) is 36.4 Å². The third kappa shape index (κ3) is 4.13. The summed E-state index contributed by atoms with van der Waals surface area (Å²) in [6.45, 7) is 2.66. The second kappa shape index (κ2) is 8.57. The fourth-order valence-electron chi connectivity index (χ4n) is 4.08. The van der Waals surface area contributed by atoms with Crippen LogP contribution >= 0.6 is 0 Å². The molecule has 0 fully saturated rings. The van der Waals surface area contributed by atoms with E-state index in [0.717, 1.165) is 42.7 Å². The van der Waals surface area contributed by atoms with E-state index in [2.05, 4.69) is 20.1 Å². The van der Waals surface area contributed by atoms with Gasteiger partial charge in [0, 0.05) is 18.7 Å². The van der Waals surface area contributed by atoms with E-state index < -0.39 is 11.6 Å². The number of benzene rings is 1. The molecular weight excluding hydrogens is 426 g/mol. The number of rotatable bonds is 5. The molecule has 0 N–H and O–H groups in total. The van der Waals surface area contributed by atoms with Crippen molar-refractivity contribution in [3.63, 3.8) is 0 Å². The zero-order valence-corrected chi connectivity index (χ0v) is 18.2. The molecule has 0 amide bonds. The van der Waals surface area contributed by atoms with Crippen molar-refractivity contribution >= 4 is 12.2 Å². The van der Waals surface area contributed by atoms with Crippen LogP contribution in [0.4, 0.5) is 8.78 Å². The van der Waals surface area contributed by atoms with Gasteiger partial charge in [0.2, 0.25) is 5.88 Å². The van der Waals surface area contributed by atoms with Gasteiger partial charge in [-0.15, -0.1) is 0 Å². The molecule has 7 nitrogen and oxygen atoms in total. The maximum atomic E-state index is 13.8. The maximum absolute atomic E-state index is 13.8. The summed E-state index contributed by atoms with van der Waals surface area (Å²) >= 11 is 0. The van der Waals surface area contributed by atoms with Crippen molar-refractivity contribution in [1.82, 2.24) is 29.3 Å². The summed E-state index contributed by atoms with van der Waals surface area (Å²) in [4.78, 5) is 13.5. The van der Waals surface area contributed by atoms with Gasteiger partial charge in [0.25, 0.3) is 0 Å². The molecule has 1 aliphatic heterocycles. The largest absolute Gasteiger partial charge is 0.479 e. The van der Waals surface area contributed by atoms with Gasteiger partial charge < -0.3 is 9.30 Å². The first kappa shape index (κ1) is 21.0. The topological polar surface area (TPSA) is 70.7 Å². The monoisotopic (exact) mass is 448 g/mol. The van der Waals surface area contributed by atoms with E-state index in [1.165, 1.54) is 6.07 Å². The fraction of sp³-hybridized carbons (Fsp3) is 0.250. The van der Waals surface area contributed by atoms with Crippen LogP contribution in [0.25, 0.3) is 17.8 Å². The Morgan fingerprint density at radius 3 is 2.73 bits per heavy atom. The van der Waals surface area contributed by atoms with Crippen LogP contribution < -0.4 is 4.74 Å². The second-order valence-corrected chi connectivity index (χ2v) is 7.94. The van der Waals surface area contributed by atoms with Crippen LogP contribution in [0.5, 0.6) is 5.88 Å². The van der Waals surface area contributed by atoms with Gasteiger partial charge in [-0.05, 0) is 61.7 Å². The highest BCUT2D eigenvalue weighted by Crippen LogP contribution is 2.33. The first-order valence-electron chi connectivity index (χ1n) is 10.7. The van der Waals surface area contributed by atoms with Crippen molar-refractivity contribution in [2.24, 2.45) is 0 Å². The molecule has 4 aromatic rings. The second-order valence-electron chi connectivity index (χ2n) is 7.94. The number of hydrogen-bond donors (Lipinski definition) is 0. The Labute approximate surface area is 189 Å². The van der Waals surface area contributed by atoms with E-state index in [1.807, 2.05) is 40.6 Å². The fourth-order valence-corrected chi connectivity index (χ4v) is 4.08. The molecule has 0 saturated carbocycles. The lowest BCUT2D eigenvalue weighted by atomic mass is 9.91. The molecule has 168 valence electrons. The first-order valence-corrected chi connectivity index (χ1v) is 10.7. The molecule has 4 heterocycles. The van der Waals surface area contributed by atoms with Crippen molar-refractivity contribution in [2.75, 3.05) is 7.11 Å². The summed E-state index contributed by atoms with van der Waals surface area (Å²) < 4.78 is 36.3. The third-order valence-corrected chi connectivity index (χ3v) is 5.69. The van der Waals surface area contributed by atoms with Gasteiger partial charge in [-0.1, -0.05) is 6.07 Å². The van der Waals surface area contributed by atoms with E-state index in [1.54, 1.807) is 25.6 Å². The van der Waals surface area contributed by atoms with Gasteiger partial charge in [0.1, 0.15) is 11.5 Å². The highest BCUT2D eigenvalue weighted by atomic mass is 19.2. The van der Waals surface area contributed by atoms with Gasteiger partial charge in [-0.2, -0.15) is 5.10 Å². The molecule has 33 heavy (non-hydrogen) atoms. The van der Waals surface area contributed by atoms with Crippen LogP contribution in [0.2, 0.25) is 0 Å². The highest BCUT2D eigenvalue weighted by molar-refractivity contribution is 5.65. The molecule has 5 rings (SSSR count). The summed E-state index contributed by atoms with van der Waals surface area (Å²) in [6.07, 6.45) is 8.92. The number of methoxy groups -OCH3 is 1. The summed E-state index contributed by atoms with van der Waals surface area (Å²) in [5.41, 5.74) is 3.09. The number of imidazole rings is 1. The molecule has 1 atom stereocenters. The van der Waals surface area contributed by atoms with E-state index >= 15 is 0 Å². The standard InChI is InChI=1S/C24H22F2N6O/c1-15-13-31(14-27-15)21-9-6-17(28-24(21)33-2)7-10-22-29-23-18(4-3-11-32(23)30-22)16-5-8-19(25)20(26)12-16/h5-10,12-14,18H,3-4,11H2,1-2H3/b10-7+. The normalized spacial score (nSPS) is 15.7. The molecule has 3 aromatic heterocycles. The lowest BCUT2D eigenvalue weighted by Crippen LogP contribution is -2.18. The van der Waals surface area contributed by atoms with Crippen molar-refractivity contribution in [1.29, 1.82) is 0 Å². The van der Waals surface area contributed by atoms with Gasteiger partial charge in [-0.3, -0.25) is 0 Å². The van der Waals surface area contributed by atoms with Gasteiger partial charge >= 0.3 is 0 Å². The first-order chi connectivity index (χ1) is 16.0. The van der Waals surface area contributed by atoms with Crippen LogP contribution in [0, 0.1) is 18.6 Å². The van der Waals surface area contributed by atoms with Crippen molar-refractivity contribution in [3.8, 4) is 11.6 Å². The van der Waals surface area contributed by atoms with E-state index in [4.69, 9.17) is 4.74 Å². The van der Waals surface area contributed by atoms with Crippen LogP contribution in [-0.2, 0) is 6.54 Å². The van der Waals surface area contributed by atoms with Crippen LogP contribution in [0.15, 0.2) is 42.9 Å². The quantitative estimate of drug-likeness (QED) is 0.448.